The number of hydrogen-bond donors (Lipinski definition) is 0. The molecule has 0 saturated heterocycles. The van der Waals surface area contributed by atoms with Crippen molar-refractivity contribution in [3.8, 4) is 0 Å². The van der Waals surface area contributed by atoms with Crippen molar-refractivity contribution in [3.63, 3.8) is 0 Å². The van der Waals surface area contributed by atoms with Gasteiger partial charge in [0, 0.05) is 11.5 Å². The summed E-state index contributed by atoms with van der Waals surface area (Å²) >= 11 is 11.5. The normalized spacial score (nSPS) is 29.3. The van der Waals surface area contributed by atoms with Crippen molar-refractivity contribution < 1.29 is 18.3 Å². The van der Waals surface area contributed by atoms with Crippen molar-refractivity contribution in [3.05, 3.63) is 28.0 Å². The smallest absolute Gasteiger partial charge is 0.309 e. The SMILES string of the molecule is CC(C)(C)OC(=O)C1CC2C(C1)C2C(F)(F)c1cc(Cl)nc(Cl)c1. The summed E-state index contributed by atoms with van der Waals surface area (Å²) in [6.07, 6.45) is 0.902. The van der Waals surface area contributed by atoms with Crippen molar-refractivity contribution in [2.75, 3.05) is 0 Å². The number of pyridine rings is 1. The van der Waals surface area contributed by atoms with Crippen molar-refractivity contribution in [2.24, 2.45) is 23.7 Å². The quantitative estimate of drug-likeness (QED) is 0.543. The summed E-state index contributed by atoms with van der Waals surface area (Å²) in [5, 5.41) is -0.0933. The lowest BCUT2D eigenvalue weighted by Crippen LogP contribution is -2.29. The molecule has 0 amide bonds. The summed E-state index contributed by atoms with van der Waals surface area (Å²) in [5.41, 5.74) is -0.765. The number of carbonyl (C=O) groups excluding carboxylic acids is 1. The van der Waals surface area contributed by atoms with Crippen LogP contribution in [0.2, 0.25) is 10.3 Å². The maximum Gasteiger partial charge on any atom is 0.309 e. The first-order valence-electron chi connectivity index (χ1n) is 7.93. The third kappa shape index (κ3) is 3.38. The molecule has 3 nitrogen and oxygen atoms in total. The van der Waals surface area contributed by atoms with Gasteiger partial charge in [-0.15, -0.1) is 0 Å². The summed E-state index contributed by atoms with van der Waals surface area (Å²) in [4.78, 5) is 15.8. The first kappa shape index (κ1) is 17.9. The summed E-state index contributed by atoms with van der Waals surface area (Å²) < 4.78 is 34.9. The Morgan fingerprint density at radius 3 is 2.12 bits per heavy atom. The standard InChI is InChI=1S/C17H19Cl2F2NO2/c1-16(2,3)24-15(23)8-4-10-11(5-8)14(10)17(20,21)9-6-12(18)22-13(19)7-9/h6-8,10-11,14H,4-5H2,1-3H3. The van der Waals surface area contributed by atoms with Crippen molar-refractivity contribution in [2.45, 2.75) is 45.1 Å². The molecule has 2 saturated carbocycles. The number of rotatable bonds is 3. The van der Waals surface area contributed by atoms with Crippen LogP contribution in [-0.4, -0.2) is 16.6 Å². The Balaban J connectivity index is 1.67. The van der Waals surface area contributed by atoms with E-state index in [0.717, 1.165) is 12.1 Å². The molecule has 0 bridgehead atoms. The Bertz CT molecular complexity index is 643. The second kappa shape index (κ2) is 5.80. The summed E-state index contributed by atoms with van der Waals surface area (Å²) in [6, 6.07) is 2.32. The van der Waals surface area contributed by atoms with Gasteiger partial charge in [-0.3, -0.25) is 4.79 Å². The minimum Gasteiger partial charge on any atom is -0.460 e. The fourth-order valence-electron chi connectivity index (χ4n) is 3.81. The molecule has 2 aliphatic rings. The van der Waals surface area contributed by atoms with E-state index in [0.29, 0.717) is 12.8 Å². The van der Waals surface area contributed by atoms with E-state index in [2.05, 4.69) is 4.98 Å². The fourth-order valence-corrected chi connectivity index (χ4v) is 4.27. The predicted octanol–water partition coefficient (Wildman–Crippen LogP) is 5.09. The molecule has 0 radical (unpaired) electrons. The number of halogens is 4. The van der Waals surface area contributed by atoms with Crippen LogP contribution in [0.5, 0.6) is 0 Å². The van der Waals surface area contributed by atoms with E-state index in [1.165, 1.54) is 0 Å². The third-order valence-corrected chi connectivity index (χ3v) is 5.14. The molecular formula is C17H19Cl2F2NO2. The molecule has 2 unspecified atom stereocenters. The zero-order chi connectivity index (χ0) is 17.9. The molecule has 1 aromatic heterocycles. The Morgan fingerprint density at radius 1 is 1.17 bits per heavy atom. The van der Waals surface area contributed by atoms with E-state index in [1.54, 1.807) is 20.8 Å². The maximum absolute atomic E-state index is 14.8. The molecule has 1 heterocycles. The van der Waals surface area contributed by atoms with Gasteiger partial charge < -0.3 is 4.74 Å². The van der Waals surface area contributed by atoms with E-state index in [4.69, 9.17) is 27.9 Å². The lowest BCUT2D eigenvalue weighted by atomic mass is 9.94. The number of ether oxygens (including phenoxy) is 1. The van der Waals surface area contributed by atoms with Crippen LogP contribution < -0.4 is 0 Å². The van der Waals surface area contributed by atoms with Crippen LogP contribution in [-0.2, 0) is 15.5 Å². The zero-order valence-electron chi connectivity index (χ0n) is 13.7. The zero-order valence-corrected chi connectivity index (χ0v) is 15.2. The van der Waals surface area contributed by atoms with Crippen LogP contribution in [0.3, 0.4) is 0 Å². The van der Waals surface area contributed by atoms with Gasteiger partial charge in [0.05, 0.1) is 5.92 Å². The molecule has 0 aliphatic heterocycles. The van der Waals surface area contributed by atoms with Gasteiger partial charge in [0.25, 0.3) is 5.92 Å². The minimum absolute atomic E-state index is 0.0467. The Kier molecular flexibility index (Phi) is 4.32. The van der Waals surface area contributed by atoms with E-state index in [9.17, 15) is 13.6 Å². The third-order valence-electron chi connectivity index (χ3n) is 4.75. The molecule has 132 valence electrons. The number of hydrogen-bond acceptors (Lipinski definition) is 3. The number of nitrogens with zero attached hydrogens (tertiary/aromatic N) is 1. The van der Waals surface area contributed by atoms with E-state index in [1.807, 2.05) is 0 Å². The van der Waals surface area contributed by atoms with E-state index in [-0.39, 0.29) is 39.6 Å². The Labute approximate surface area is 149 Å². The maximum atomic E-state index is 14.8. The molecule has 2 fully saturated rings. The number of aromatic nitrogens is 1. The van der Waals surface area contributed by atoms with Gasteiger partial charge in [-0.25, -0.2) is 13.8 Å². The van der Waals surface area contributed by atoms with Gasteiger partial charge in [0.15, 0.2) is 0 Å². The molecule has 24 heavy (non-hydrogen) atoms. The largest absolute Gasteiger partial charge is 0.460 e. The first-order chi connectivity index (χ1) is 11.0. The van der Waals surface area contributed by atoms with Crippen LogP contribution >= 0.6 is 23.2 Å². The topological polar surface area (TPSA) is 39.2 Å². The van der Waals surface area contributed by atoms with Crippen LogP contribution in [0.4, 0.5) is 8.78 Å². The number of esters is 1. The van der Waals surface area contributed by atoms with Crippen LogP contribution in [0.15, 0.2) is 12.1 Å². The highest BCUT2D eigenvalue weighted by Gasteiger charge is 2.67. The molecular weight excluding hydrogens is 359 g/mol. The number of fused-ring (bicyclic) bond motifs is 1. The lowest BCUT2D eigenvalue weighted by molar-refractivity contribution is -0.160. The summed E-state index contributed by atoms with van der Waals surface area (Å²) in [7, 11) is 0. The van der Waals surface area contributed by atoms with Crippen LogP contribution in [0.1, 0.15) is 39.2 Å². The van der Waals surface area contributed by atoms with Crippen LogP contribution in [0.25, 0.3) is 0 Å². The van der Waals surface area contributed by atoms with Gasteiger partial charge >= 0.3 is 5.97 Å². The van der Waals surface area contributed by atoms with E-state index < -0.39 is 17.4 Å². The molecule has 0 aromatic carbocycles. The monoisotopic (exact) mass is 377 g/mol. The molecule has 0 N–H and O–H groups in total. The van der Waals surface area contributed by atoms with Crippen molar-refractivity contribution in [1.82, 2.24) is 4.98 Å². The Hall–Kier alpha value is -0.940. The average Bonchev–Trinajstić information content (AvgIpc) is 2.93. The number of alkyl halides is 2. The molecule has 0 spiro atoms. The van der Waals surface area contributed by atoms with Crippen molar-refractivity contribution >= 4 is 29.2 Å². The minimum atomic E-state index is -3.02. The highest BCUT2D eigenvalue weighted by Crippen LogP contribution is 2.67. The molecule has 3 rings (SSSR count). The second-order valence-corrected chi connectivity index (χ2v) is 8.45. The van der Waals surface area contributed by atoms with E-state index >= 15 is 0 Å². The fraction of sp³-hybridized carbons (Fsp3) is 0.647. The summed E-state index contributed by atoms with van der Waals surface area (Å²) in [5.74, 6) is -4.69. The molecule has 7 heteroatoms. The molecule has 2 atom stereocenters. The highest BCUT2D eigenvalue weighted by molar-refractivity contribution is 6.32. The average molecular weight is 378 g/mol. The van der Waals surface area contributed by atoms with Gasteiger partial charge in [-0.1, -0.05) is 23.2 Å². The molecule has 2 aliphatic carbocycles. The van der Waals surface area contributed by atoms with Gasteiger partial charge in [-0.2, -0.15) is 0 Å². The van der Waals surface area contributed by atoms with Gasteiger partial charge in [0.2, 0.25) is 0 Å². The summed E-state index contributed by atoms with van der Waals surface area (Å²) in [6.45, 7) is 5.40. The van der Waals surface area contributed by atoms with Crippen LogP contribution in [0, 0.1) is 23.7 Å². The second-order valence-electron chi connectivity index (χ2n) is 7.68. The Morgan fingerprint density at radius 2 is 1.67 bits per heavy atom. The van der Waals surface area contributed by atoms with Gasteiger partial charge in [0.1, 0.15) is 15.9 Å². The van der Waals surface area contributed by atoms with Gasteiger partial charge in [-0.05, 0) is 57.6 Å². The highest BCUT2D eigenvalue weighted by atomic mass is 35.5. The molecule has 1 aromatic rings. The lowest BCUT2D eigenvalue weighted by Gasteiger charge is -2.24. The number of carbonyl (C=O) groups is 1. The predicted molar refractivity (Wildman–Crippen MR) is 87.2 cm³/mol. The van der Waals surface area contributed by atoms with Crippen molar-refractivity contribution in [1.29, 1.82) is 0 Å². The first-order valence-corrected chi connectivity index (χ1v) is 8.69.